The second-order valence-corrected chi connectivity index (χ2v) is 7.49. The van der Waals surface area contributed by atoms with Crippen molar-refractivity contribution in [2.45, 2.75) is 0 Å². The van der Waals surface area contributed by atoms with Crippen LogP contribution in [0.5, 0.6) is 0 Å². The molecule has 5 rings (SSSR count). The fraction of sp³-hybridized carbons (Fsp3) is 0. The maximum absolute atomic E-state index is 13.7. The minimum Gasteiger partial charge on any atom is -0.268 e. The summed E-state index contributed by atoms with van der Waals surface area (Å²) in [5, 5.41) is 19.6. The summed E-state index contributed by atoms with van der Waals surface area (Å²) < 4.78 is 0. The highest BCUT2D eigenvalue weighted by atomic mass is 16.2. The SMILES string of the molecule is N#CC(C#N)=C1C(c2ccccc2)=C2C(=O)N(c3ccccc3)C(=O)C2=C1c1ccccc1. The van der Waals surface area contributed by atoms with Gasteiger partial charge in [0.25, 0.3) is 11.8 Å². The Balaban J connectivity index is 1.90. The van der Waals surface area contributed by atoms with Gasteiger partial charge in [0.1, 0.15) is 17.7 Å². The van der Waals surface area contributed by atoms with E-state index in [1.54, 1.807) is 24.3 Å². The van der Waals surface area contributed by atoms with Gasteiger partial charge in [-0.15, -0.1) is 0 Å². The largest absolute Gasteiger partial charge is 0.268 e. The van der Waals surface area contributed by atoms with Crippen LogP contribution in [-0.2, 0) is 9.59 Å². The van der Waals surface area contributed by atoms with E-state index in [1.165, 1.54) is 0 Å². The van der Waals surface area contributed by atoms with Crippen molar-refractivity contribution in [3.05, 3.63) is 124 Å². The van der Waals surface area contributed by atoms with E-state index in [1.807, 2.05) is 78.9 Å². The molecule has 0 bridgehead atoms. The van der Waals surface area contributed by atoms with Crippen molar-refractivity contribution in [3.63, 3.8) is 0 Å². The van der Waals surface area contributed by atoms with Crippen molar-refractivity contribution in [1.82, 2.24) is 0 Å². The number of amides is 2. The number of carbonyl (C=O) groups is 2. The van der Waals surface area contributed by atoms with Crippen LogP contribution in [0, 0.1) is 22.7 Å². The lowest BCUT2D eigenvalue weighted by molar-refractivity contribution is -0.119. The molecule has 3 aromatic rings. The topological polar surface area (TPSA) is 85.0 Å². The molecule has 1 heterocycles. The van der Waals surface area contributed by atoms with Gasteiger partial charge in [-0.3, -0.25) is 9.59 Å². The summed E-state index contributed by atoms with van der Waals surface area (Å²) in [5.74, 6) is -0.947. The summed E-state index contributed by atoms with van der Waals surface area (Å²) in [4.78, 5) is 28.6. The highest BCUT2D eigenvalue weighted by molar-refractivity contribution is 6.45. The summed E-state index contributed by atoms with van der Waals surface area (Å²) in [6.45, 7) is 0. The first-order valence-corrected chi connectivity index (χ1v) is 10.3. The van der Waals surface area contributed by atoms with E-state index in [0.717, 1.165) is 4.90 Å². The predicted octanol–water partition coefficient (Wildman–Crippen LogP) is 4.82. The lowest BCUT2D eigenvalue weighted by Crippen LogP contribution is -2.30. The van der Waals surface area contributed by atoms with Crippen molar-refractivity contribution in [2.75, 3.05) is 4.90 Å². The molecule has 1 saturated heterocycles. The van der Waals surface area contributed by atoms with Gasteiger partial charge in [-0.2, -0.15) is 10.5 Å². The first kappa shape index (κ1) is 19.9. The molecule has 2 amide bonds. The normalized spacial score (nSPS) is 15.0. The molecule has 0 saturated carbocycles. The second-order valence-electron chi connectivity index (χ2n) is 7.49. The number of rotatable bonds is 3. The van der Waals surface area contributed by atoms with E-state index in [0.29, 0.717) is 33.5 Å². The van der Waals surface area contributed by atoms with Crippen LogP contribution in [0.4, 0.5) is 5.69 Å². The van der Waals surface area contributed by atoms with E-state index in [9.17, 15) is 20.1 Å². The number of allylic oxidation sites excluding steroid dienone is 4. The summed E-state index contributed by atoms with van der Waals surface area (Å²) in [5.41, 5.74) is 3.24. The monoisotopic (exact) mass is 425 g/mol. The van der Waals surface area contributed by atoms with Gasteiger partial charge < -0.3 is 0 Å². The van der Waals surface area contributed by atoms with E-state index < -0.39 is 11.8 Å². The molecule has 33 heavy (non-hydrogen) atoms. The van der Waals surface area contributed by atoms with Crippen LogP contribution in [0.1, 0.15) is 11.1 Å². The summed E-state index contributed by atoms with van der Waals surface area (Å²) >= 11 is 0. The number of nitriles is 2. The summed E-state index contributed by atoms with van der Waals surface area (Å²) in [7, 11) is 0. The first-order chi connectivity index (χ1) is 16.2. The van der Waals surface area contributed by atoms with Gasteiger partial charge in [0.05, 0.1) is 16.8 Å². The Morgan fingerprint density at radius 2 is 0.970 bits per heavy atom. The Kier molecular flexibility index (Phi) is 4.79. The molecule has 154 valence electrons. The summed E-state index contributed by atoms with van der Waals surface area (Å²) in [6, 6.07) is 30.9. The molecule has 1 fully saturated rings. The smallest absolute Gasteiger partial charge is 0.266 e. The maximum atomic E-state index is 13.7. The van der Waals surface area contributed by atoms with Crippen LogP contribution >= 0.6 is 0 Å². The molecule has 1 aliphatic heterocycles. The molecule has 0 N–H and O–H groups in total. The average Bonchev–Trinajstić information content (AvgIpc) is 3.34. The van der Waals surface area contributed by atoms with Gasteiger partial charge >= 0.3 is 0 Å². The van der Waals surface area contributed by atoms with Crippen molar-refractivity contribution in [1.29, 1.82) is 10.5 Å². The Labute approximate surface area is 190 Å². The molecule has 5 heteroatoms. The van der Waals surface area contributed by atoms with Crippen molar-refractivity contribution >= 4 is 28.6 Å². The molecule has 0 radical (unpaired) electrons. The third-order valence-corrected chi connectivity index (χ3v) is 5.70. The van der Waals surface area contributed by atoms with E-state index in [2.05, 4.69) is 0 Å². The third-order valence-electron chi connectivity index (χ3n) is 5.70. The van der Waals surface area contributed by atoms with Crippen molar-refractivity contribution in [3.8, 4) is 12.1 Å². The molecular formula is C28H15N3O2. The quantitative estimate of drug-likeness (QED) is 0.445. The van der Waals surface area contributed by atoms with E-state index in [-0.39, 0.29) is 16.7 Å². The zero-order valence-electron chi connectivity index (χ0n) is 17.3. The molecule has 0 atom stereocenters. The maximum Gasteiger partial charge on any atom is 0.266 e. The Bertz CT molecular complexity index is 1390. The Hall–Kier alpha value is -5.00. The average molecular weight is 425 g/mol. The Morgan fingerprint density at radius 3 is 1.36 bits per heavy atom. The fourth-order valence-corrected chi connectivity index (χ4v) is 4.35. The van der Waals surface area contributed by atoms with Gasteiger partial charge in [-0.25, -0.2) is 4.90 Å². The third kappa shape index (κ3) is 3.00. The minimum atomic E-state index is -0.473. The number of nitrogens with zero attached hydrogens (tertiary/aromatic N) is 3. The zero-order valence-corrected chi connectivity index (χ0v) is 17.3. The number of imide groups is 1. The van der Waals surface area contributed by atoms with Crippen LogP contribution in [0.2, 0.25) is 0 Å². The van der Waals surface area contributed by atoms with Gasteiger partial charge in [0, 0.05) is 16.7 Å². The minimum absolute atomic E-state index is 0.144. The van der Waals surface area contributed by atoms with Crippen molar-refractivity contribution < 1.29 is 9.59 Å². The predicted molar refractivity (Wildman–Crippen MR) is 124 cm³/mol. The van der Waals surface area contributed by atoms with E-state index >= 15 is 0 Å². The fourth-order valence-electron chi connectivity index (χ4n) is 4.35. The van der Waals surface area contributed by atoms with Crippen LogP contribution in [0.25, 0.3) is 11.1 Å². The summed E-state index contributed by atoms with van der Waals surface area (Å²) in [6.07, 6.45) is 0. The molecule has 0 spiro atoms. The molecule has 0 aromatic heterocycles. The molecule has 3 aromatic carbocycles. The van der Waals surface area contributed by atoms with Gasteiger partial charge in [0.2, 0.25) is 0 Å². The van der Waals surface area contributed by atoms with E-state index in [4.69, 9.17) is 0 Å². The molecule has 1 aliphatic carbocycles. The lowest BCUT2D eigenvalue weighted by atomic mass is 9.88. The standard InChI is InChI=1S/C28H15N3O2/c29-16-20(17-30)24-22(18-10-4-1-5-11-18)25-26(23(24)19-12-6-2-7-13-19)28(33)31(27(25)32)21-14-8-3-9-15-21/h1-15H. The lowest BCUT2D eigenvalue weighted by Gasteiger charge is -2.17. The highest BCUT2D eigenvalue weighted by Gasteiger charge is 2.49. The molecular weight excluding hydrogens is 410 g/mol. The molecule has 2 aliphatic rings. The van der Waals surface area contributed by atoms with Crippen LogP contribution in [0.15, 0.2) is 113 Å². The van der Waals surface area contributed by atoms with Gasteiger partial charge in [-0.1, -0.05) is 78.9 Å². The molecule has 5 nitrogen and oxygen atoms in total. The van der Waals surface area contributed by atoms with Crippen molar-refractivity contribution in [2.24, 2.45) is 0 Å². The van der Waals surface area contributed by atoms with Crippen LogP contribution in [-0.4, -0.2) is 11.8 Å². The Morgan fingerprint density at radius 1 is 0.576 bits per heavy atom. The number of carbonyl (C=O) groups excluding carboxylic acids is 2. The van der Waals surface area contributed by atoms with Crippen LogP contribution in [0.3, 0.4) is 0 Å². The number of hydrogen-bond donors (Lipinski definition) is 0. The second kappa shape index (κ2) is 7.92. The van der Waals surface area contributed by atoms with Crippen LogP contribution < -0.4 is 4.90 Å². The van der Waals surface area contributed by atoms with Gasteiger partial charge in [0.15, 0.2) is 0 Å². The number of anilines is 1. The number of fused-ring (bicyclic) bond motifs is 1. The number of hydrogen-bond acceptors (Lipinski definition) is 4. The highest BCUT2D eigenvalue weighted by Crippen LogP contribution is 2.52. The number of benzene rings is 3. The number of para-hydroxylation sites is 1. The first-order valence-electron chi connectivity index (χ1n) is 10.3. The molecule has 0 unspecified atom stereocenters. The zero-order chi connectivity index (χ0) is 22.9. The van der Waals surface area contributed by atoms with Gasteiger partial charge in [-0.05, 0) is 23.3 Å².